The lowest BCUT2D eigenvalue weighted by Gasteiger charge is -2.36. The number of carbonyl (C=O) groups excluding carboxylic acids is 1. The summed E-state index contributed by atoms with van der Waals surface area (Å²) in [6.45, 7) is 1.75. The summed E-state index contributed by atoms with van der Waals surface area (Å²) in [5.41, 5.74) is 1.37. The molecule has 0 aromatic carbocycles. The second kappa shape index (κ2) is 5.85. The second-order valence-corrected chi connectivity index (χ2v) is 6.00. The fourth-order valence-corrected chi connectivity index (χ4v) is 3.06. The van der Waals surface area contributed by atoms with Crippen LogP contribution in [0.25, 0.3) is 5.65 Å². The minimum atomic E-state index is 0.0604. The number of likely N-dealkylation sites (tertiary alicyclic amines) is 1. The van der Waals surface area contributed by atoms with E-state index in [1.54, 1.807) is 0 Å². The smallest absolute Gasteiger partial charge is 0.274 e. The molecule has 0 spiro atoms. The predicted octanol–water partition coefficient (Wildman–Crippen LogP) is 1.89. The Bertz CT molecular complexity index is 601. The van der Waals surface area contributed by atoms with Crippen molar-refractivity contribution < 1.29 is 4.79 Å². The summed E-state index contributed by atoms with van der Waals surface area (Å²) < 4.78 is 1.90. The Labute approximate surface area is 125 Å². The fourth-order valence-electron chi connectivity index (χ4n) is 3.06. The van der Waals surface area contributed by atoms with Crippen LogP contribution in [0.2, 0.25) is 0 Å². The standard InChI is InChI=1S/C16H22N4O/c1-18(2)11-13-7-3-6-10-20(13)16(21)14-12-19-9-5-4-8-15(19)17-14/h4-5,8-9,12-13H,3,6-7,10-11H2,1-2H3/t13-/m0/s1. The summed E-state index contributed by atoms with van der Waals surface area (Å²) in [7, 11) is 4.12. The number of likely N-dealkylation sites (N-methyl/N-ethyl adjacent to an activating group) is 1. The average molecular weight is 286 g/mol. The van der Waals surface area contributed by atoms with Gasteiger partial charge in [0.2, 0.25) is 0 Å². The van der Waals surface area contributed by atoms with Crippen LogP contribution in [0.15, 0.2) is 30.6 Å². The molecule has 1 fully saturated rings. The van der Waals surface area contributed by atoms with E-state index < -0.39 is 0 Å². The van der Waals surface area contributed by atoms with Crippen LogP contribution in [0.1, 0.15) is 29.8 Å². The number of hydrogen-bond donors (Lipinski definition) is 0. The van der Waals surface area contributed by atoms with E-state index in [0.29, 0.717) is 11.7 Å². The summed E-state index contributed by atoms with van der Waals surface area (Å²) in [5, 5.41) is 0. The summed E-state index contributed by atoms with van der Waals surface area (Å²) in [6.07, 6.45) is 7.12. The number of hydrogen-bond acceptors (Lipinski definition) is 3. The van der Waals surface area contributed by atoms with Crippen molar-refractivity contribution >= 4 is 11.6 Å². The van der Waals surface area contributed by atoms with Crippen LogP contribution >= 0.6 is 0 Å². The highest BCUT2D eigenvalue weighted by atomic mass is 16.2. The van der Waals surface area contributed by atoms with E-state index in [1.807, 2.05) is 39.9 Å². The molecule has 1 amide bonds. The first-order valence-electron chi connectivity index (χ1n) is 7.54. The van der Waals surface area contributed by atoms with Crippen molar-refractivity contribution in [1.29, 1.82) is 0 Å². The van der Waals surface area contributed by atoms with Gasteiger partial charge in [-0.2, -0.15) is 0 Å². The van der Waals surface area contributed by atoms with Crippen LogP contribution in [0.5, 0.6) is 0 Å². The number of imidazole rings is 1. The van der Waals surface area contributed by atoms with E-state index in [0.717, 1.165) is 31.6 Å². The highest BCUT2D eigenvalue weighted by Gasteiger charge is 2.29. The van der Waals surface area contributed by atoms with E-state index in [9.17, 15) is 4.79 Å². The van der Waals surface area contributed by atoms with E-state index in [1.165, 1.54) is 6.42 Å². The number of nitrogens with zero attached hydrogens (tertiary/aromatic N) is 4. The van der Waals surface area contributed by atoms with Crippen molar-refractivity contribution in [3.8, 4) is 0 Å². The molecule has 21 heavy (non-hydrogen) atoms. The van der Waals surface area contributed by atoms with E-state index in [2.05, 4.69) is 24.0 Å². The highest BCUT2D eigenvalue weighted by Crippen LogP contribution is 2.20. The molecule has 0 saturated carbocycles. The first-order valence-corrected chi connectivity index (χ1v) is 7.54. The Morgan fingerprint density at radius 1 is 1.38 bits per heavy atom. The minimum absolute atomic E-state index is 0.0604. The molecule has 2 aromatic rings. The van der Waals surface area contributed by atoms with Crippen molar-refractivity contribution in [3.05, 3.63) is 36.3 Å². The molecule has 1 aliphatic rings. The molecule has 5 nitrogen and oxygen atoms in total. The van der Waals surface area contributed by atoms with E-state index >= 15 is 0 Å². The summed E-state index contributed by atoms with van der Waals surface area (Å²) >= 11 is 0. The molecule has 0 N–H and O–H groups in total. The highest BCUT2D eigenvalue weighted by molar-refractivity contribution is 5.93. The quantitative estimate of drug-likeness (QED) is 0.865. The molecule has 112 valence electrons. The lowest BCUT2D eigenvalue weighted by atomic mass is 10.0. The van der Waals surface area contributed by atoms with Crippen LogP contribution in [-0.4, -0.2) is 58.3 Å². The van der Waals surface area contributed by atoms with Gasteiger partial charge >= 0.3 is 0 Å². The minimum Gasteiger partial charge on any atom is -0.333 e. The lowest BCUT2D eigenvalue weighted by molar-refractivity contribution is 0.0569. The van der Waals surface area contributed by atoms with Gasteiger partial charge in [-0.25, -0.2) is 4.98 Å². The predicted molar refractivity (Wildman–Crippen MR) is 82.4 cm³/mol. The van der Waals surface area contributed by atoms with Crippen molar-refractivity contribution in [2.45, 2.75) is 25.3 Å². The van der Waals surface area contributed by atoms with Crippen molar-refractivity contribution in [2.75, 3.05) is 27.2 Å². The summed E-state index contributed by atoms with van der Waals surface area (Å²) in [5.74, 6) is 0.0604. The van der Waals surface area contributed by atoms with Gasteiger partial charge in [-0.05, 0) is 45.5 Å². The Morgan fingerprint density at radius 3 is 3.00 bits per heavy atom. The third-order valence-corrected chi connectivity index (χ3v) is 4.05. The number of pyridine rings is 1. The number of amides is 1. The molecule has 5 heteroatoms. The van der Waals surface area contributed by atoms with E-state index in [4.69, 9.17) is 0 Å². The van der Waals surface area contributed by atoms with Gasteiger partial charge in [-0.3, -0.25) is 4.79 Å². The van der Waals surface area contributed by atoms with E-state index in [-0.39, 0.29) is 5.91 Å². The van der Waals surface area contributed by atoms with Crippen molar-refractivity contribution in [1.82, 2.24) is 19.2 Å². The Hall–Kier alpha value is -1.88. The maximum atomic E-state index is 12.8. The number of rotatable bonds is 3. The normalized spacial score (nSPS) is 19.4. The molecule has 1 aliphatic heterocycles. The molecule has 3 rings (SSSR count). The van der Waals surface area contributed by atoms with Crippen LogP contribution in [-0.2, 0) is 0 Å². The summed E-state index contributed by atoms with van der Waals surface area (Å²) in [6, 6.07) is 6.10. The zero-order valence-electron chi connectivity index (χ0n) is 12.7. The van der Waals surface area contributed by atoms with Gasteiger partial charge in [0.1, 0.15) is 11.3 Å². The second-order valence-electron chi connectivity index (χ2n) is 6.00. The largest absolute Gasteiger partial charge is 0.333 e. The third-order valence-electron chi connectivity index (χ3n) is 4.05. The third kappa shape index (κ3) is 2.93. The first-order chi connectivity index (χ1) is 10.1. The molecule has 3 heterocycles. The monoisotopic (exact) mass is 286 g/mol. The Kier molecular flexibility index (Phi) is 3.92. The molecular formula is C16H22N4O. The molecule has 0 bridgehead atoms. The molecule has 0 radical (unpaired) electrons. The topological polar surface area (TPSA) is 40.9 Å². The van der Waals surface area contributed by atoms with Crippen molar-refractivity contribution in [3.63, 3.8) is 0 Å². The number of aromatic nitrogens is 2. The summed E-state index contributed by atoms with van der Waals surface area (Å²) in [4.78, 5) is 21.4. The molecule has 1 atom stereocenters. The van der Waals surface area contributed by atoms with Crippen LogP contribution in [0.4, 0.5) is 0 Å². The zero-order valence-corrected chi connectivity index (χ0v) is 12.7. The van der Waals surface area contributed by atoms with Gasteiger partial charge in [-0.1, -0.05) is 6.07 Å². The first kappa shape index (κ1) is 14.1. The van der Waals surface area contributed by atoms with Gasteiger partial charge in [0.15, 0.2) is 0 Å². The maximum absolute atomic E-state index is 12.8. The number of piperidine rings is 1. The average Bonchev–Trinajstić information content (AvgIpc) is 2.90. The molecule has 0 aliphatic carbocycles. The van der Waals surface area contributed by atoms with Gasteiger partial charge in [0, 0.05) is 31.5 Å². The number of carbonyl (C=O) groups is 1. The van der Waals surface area contributed by atoms with Crippen LogP contribution in [0.3, 0.4) is 0 Å². The Morgan fingerprint density at radius 2 is 2.24 bits per heavy atom. The lowest BCUT2D eigenvalue weighted by Crippen LogP contribution is -2.48. The SMILES string of the molecule is CN(C)C[C@@H]1CCCCN1C(=O)c1cn2ccccc2n1. The maximum Gasteiger partial charge on any atom is 0.274 e. The molecule has 0 unspecified atom stereocenters. The molecule has 2 aromatic heterocycles. The van der Waals surface area contributed by atoms with Gasteiger partial charge in [0.25, 0.3) is 5.91 Å². The van der Waals surface area contributed by atoms with Crippen LogP contribution < -0.4 is 0 Å². The fraction of sp³-hybridized carbons (Fsp3) is 0.500. The van der Waals surface area contributed by atoms with Crippen LogP contribution in [0, 0.1) is 0 Å². The van der Waals surface area contributed by atoms with Gasteiger partial charge in [0.05, 0.1) is 0 Å². The van der Waals surface area contributed by atoms with Gasteiger partial charge in [-0.15, -0.1) is 0 Å². The number of fused-ring (bicyclic) bond motifs is 1. The van der Waals surface area contributed by atoms with Crippen molar-refractivity contribution in [2.24, 2.45) is 0 Å². The Balaban J connectivity index is 1.84. The van der Waals surface area contributed by atoms with Gasteiger partial charge < -0.3 is 14.2 Å². The zero-order chi connectivity index (χ0) is 14.8. The molecule has 1 saturated heterocycles. The molecular weight excluding hydrogens is 264 g/mol.